The third-order valence-corrected chi connectivity index (χ3v) is 4.86. The molecule has 3 heterocycles. The molecule has 0 aliphatic carbocycles. The molecule has 1 N–H and O–H groups in total. The molecule has 1 amide bonds. The van der Waals surface area contributed by atoms with Crippen molar-refractivity contribution < 1.29 is 14.3 Å². The van der Waals surface area contributed by atoms with E-state index in [9.17, 15) is 4.79 Å². The summed E-state index contributed by atoms with van der Waals surface area (Å²) in [4.78, 5) is 21.3. The molecule has 5 aromatic rings. The number of nitrogens with zero attached hydrogens (tertiary/aromatic N) is 7. The molecule has 0 fully saturated rings. The van der Waals surface area contributed by atoms with Crippen molar-refractivity contribution in [2.45, 2.75) is 6.61 Å². The number of imidazole rings is 1. The van der Waals surface area contributed by atoms with Gasteiger partial charge in [-0.25, -0.2) is 14.2 Å². The van der Waals surface area contributed by atoms with Crippen molar-refractivity contribution in [3.63, 3.8) is 0 Å². The summed E-state index contributed by atoms with van der Waals surface area (Å²) in [5.41, 5.74) is 2.16. The zero-order chi connectivity index (χ0) is 23.3. The van der Waals surface area contributed by atoms with Gasteiger partial charge in [0.2, 0.25) is 0 Å². The average molecular weight is 456 g/mol. The van der Waals surface area contributed by atoms with Gasteiger partial charge >= 0.3 is 6.01 Å². The van der Waals surface area contributed by atoms with Crippen LogP contribution in [0.4, 0.5) is 5.82 Å². The first-order chi connectivity index (χ1) is 16.7. The molecule has 0 atom stereocenters. The van der Waals surface area contributed by atoms with Gasteiger partial charge in [-0.2, -0.15) is 4.98 Å². The fourth-order valence-electron chi connectivity index (χ4n) is 3.32. The highest BCUT2D eigenvalue weighted by Gasteiger charge is 2.18. The Morgan fingerprint density at radius 2 is 1.76 bits per heavy atom. The van der Waals surface area contributed by atoms with E-state index in [0.717, 1.165) is 11.0 Å². The number of anilines is 1. The molecule has 0 radical (unpaired) electrons. The Balaban J connectivity index is 1.29. The van der Waals surface area contributed by atoms with Gasteiger partial charge in [0.25, 0.3) is 11.9 Å². The molecular formula is C23H20N8O3. The molecule has 0 bridgehead atoms. The van der Waals surface area contributed by atoms with Crippen molar-refractivity contribution in [1.29, 1.82) is 0 Å². The number of carbonyl (C=O) groups excluding carboxylic acids is 1. The van der Waals surface area contributed by atoms with E-state index in [-0.39, 0.29) is 19.1 Å². The molecule has 0 aliphatic rings. The molecule has 0 saturated heterocycles. The number of carbonyl (C=O) groups is 1. The van der Waals surface area contributed by atoms with Crippen molar-refractivity contribution in [2.24, 2.45) is 7.05 Å². The number of benzene rings is 2. The minimum atomic E-state index is -0.314. The summed E-state index contributed by atoms with van der Waals surface area (Å²) in [7, 11) is 1.74. The molecule has 5 rings (SSSR count). The van der Waals surface area contributed by atoms with E-state index in [0.29, 0.717) is 29.2 Å². The zero-order valence-corrected chi connectivity index (χ0v) is 18.2. The minimum absolute atomic E-state index is 0.123. The van der Waals surface area contributed by atoms with E-state index in [4.69, 9.17) is 9.47 Å². The number of para-hydroxylation sites is 3. The fraction of sp³-hybridized carbons (Fsp3) is 0.130. The second-order valence-corrected chi connectivity index (χ2v) is 7.27. The number of hydrogen-bond acceptors (Lipinski definition) is 8. The predicted octanol–water partition coefficient (Wildman–Crippen LogP) is 2.54. The number of aryl methyl sites for hydroxylation is 1. The number of pyridine rings is 1. The van der Waals surface area contributed by atoms with Crippen LogP contribution >= 0.6 is 0 Å². The number of ether oxygens (including phenoxy) is 2. The van der Waals surface area contributed by atoms with Crippen molar-refractivity contribution in [3.8, 4) is 17.7 Å². The van der Waals surface area contributed by atoms with Gasteiger partial charge in [-0.3, -0.25) is 4.79 Å². The third kappa shape index (κ3) is 4.53. The molecule has 3 aromatic heterocycles. The largest absolute Gasteiger partial charge is 0.484 e. The number of fused-ring (bicyclic) bond motifs is 1. The minimum Gasteiger partial charge on any atom is -0.484 e. The highest BCUT2D eigenvalue weighted by atomic mass is 16.5. The number of tetrazole rings is 1. The van der Waals surface area contributed by atoms with Crippen LogP contribution in [0.2, 0.25) is 0 Å². The molecule has 0 saturated carbocycles. The second kappa shape index (κ2) is 9.36. The van der Waals surface area contributed by atoms with Gasteiger partial charge in [-0.1, -0.05) is 41.5 Å². The summed E-state index contributed by atoms with van der Waals surface area (Å²) < 4.78 is 14.7. The van der Waals surface area contributed by atoms with Crippen molar-refractivity contribution >= 4 is 22.8 Å². The van der Waals surface area contributed by atoms with E-state index in [1.807, 2.05) is 42.5 Å². The lowest BCUT2D eigenvalue weighted by Crippen LogP contribution is -2.21. The van der Waals surface area contributed by atoms with Crippen LogP contribution < -0.4 is 14.8 Å². The molecule has 0 spiro atoms. The molecule has 0 aliphatic heterocycles. The average Bonchev–Trinajstić information content (AvgIpc) is 3.44. The Morgan fingerprint density at radius 3 is 2.59 bits per heavy atom. The SMILES string of the molecule is Cn1nnnc1-n1c(OCc2cccc(NC(=O)COc3ccccc3)n2)nc2ccccc21. The van der Waals surface area contributed by atoms with Crippen LogP contribution in [-0.2, 0) is 18.4 Å². The maximum Gasteiger partial charge on any atom is 0.305 e. The number of nitrogens with one attached hydrogen (secondary N) is 1. The standard InChI is InChI=1S/C23H20N8O3/c1-30-22(27-28-29-30)31-19-12-6-5-11-18(19)25-23(31)34-14-16-8-7-13-20(24-16)26-21(32)15-33-17-9-3-2-4-10-17/h2-13H,14-15H2,1H3,(H,24,26,32). The van der Waals surface area contributed by atoms with Crippen LogP contribution in [0.5, 0.6) is 11.8 Å². The van der Waals surface area contributed by atoms with E-state index in [2.05, 4.69) is 30.8 Å². The maximum atomic E-state index is 12.2. The predicted molar refractivity (Wildman–Crippen MR) is 123 cm³/mol. The van der Waals surface area contributed by atoms with Gasteiger partial charge in [0.15, 0.2) is 6.61 Å². The lowest BCUT2D eigenvalue weighted by atomic mass is 10.3. The smallest absolute Gasteiger partial charge is 0.305 e. The van der Waals surface area contributed by atoms with Gasteiger partial charge < -0.3 is 14.8 Å². The lowest BCUT2D eigenvalue weighted by Gasteiger charge is -2.10. The Morgan fingerprint density at radius 1 is 0.941 bits per heavy atom. The van der Waals surface area contributed by atoms with Gasteiger partial charge in [-0.15, -0.1) is 0 Å². The normalized spacial score (nSPS) is 10.9. The number of rotatable bonds is 8. The second-order valence-electron chi connectivity index (χ2n) is 7.27. The molecule has 11 nitrogen and oxygen atoms in total. The van der Waals surface area contributed by atoms with E-state index in [1.54, 1.807) is 41.9 Å². The van der Waals surface area contributed by atoms with Gasteiger partial charge in [0, 0.05) is 7.05 Å². The van der Waals surface area contributed by atoms with Crippen LogP contribution in [0.1, 0.15) is 5.69 Å². The Kier molecular flexibility index (Phi) is 5.80. The zero-order valence-electron chi connectivity index (χ0n) is 18.2. The van der Waals surface area contributed by atoms with Gasteiger partial charge in [0.1, 0.15) is 18.2 Å². The quantitative estimate of drug-likeness (QED) is 0.378. The van der Waals surface area contributed by atoms with Crippen molar-refractivity contribution in [3.05, 3.63) is 78.5 Å². The van der Waals surface area contributed by atoms with E-state index < -0.39 is 0 Å². The Hall–Kier alpha value is -4.80. The summed E-state index contributed by atoms with van der Waals surface area (Å²) >= 11 is 0. The Labute approximate surface area is 194 Å². The lowest BCUT2D eigenvalue weighted by molar-refractivity contribution is -0.118. The number of amides is 1. The topological polar surface area (TPSA) is 122 Å². The summed E-state index contributed by atoms with van der Waals surface area (Å²) in [5.74, 6) is 1.17. The van der Waals surface area contributed by atoms with Crippen molar-refractivity contribution in [1.82, 2.24) is 34.7 Å². The van der Waals surface area contributed by atoms with Crippen LogP contribution in [-0.4, -0.2) is 47.3 Å². The van der Waals surface area contributed by atoms with E-state index in [1.165, 1.54) is 4.68 Å². The van der Waals surface area contributed by atoms with Gasteiger partial charge in [0.05, 0.1) is 16.7 Å². The Bertz CT molecular complexity index is 1430. The summed E-state index contributed by atoms with van der Waals surface area (Å²) in [5, 5.41) is 14.4. The highest BCUT2D eigenvalue weighted by Crippen LogP contribution is 2.25. The monoisotopic (exact) mass is 456 g/mol. The van der Waals surface area contributed by atoms with E-state index >= 15 is 0 Å². The molecule has 2 aromatic carbocycles. The molecular weight excluding hydrogens is 436 g/mol. The first-order valence-electron chi connectivity index (χ1n) is 10.4. The van der Waals surface area contributed by atoms with Crippen LogP contribution in [0.3, 0.4) is 0 Å². The highest BCUT2D eigenvalue weighted by molar-refractivity contribution is 5.90. The number of hydrogen-bond donors (Lipinski definition) is 1. The maximum absolute atomic E-state index is 12.2. The van der Waals surface area contributed by atoms with Gasteiger partial charge in [-0.05, 0) is 46.8 Å². The molecule has 170 valence electrons. The van der Waals surface area contributed by atoms with Crippen molar-refractivity contribution in [2.75, 3.05) is 11.9 Å². The third-order valence-electron chi connectivity index (χ3n) is 4.86. The molecule has 34 heavy (non-hydrogen) atoms. The molecule has 11 heteroatoms. The number of aromatic nitrogens is 7. The van der Waals surface area contributed by atoms with Crippen LogP contribution in [0, 0.1) is 0 Å². The first-order valence-corrected chi connectivity index (χ1v) is 10.4. The van der Waals surface area contributed by atoms with Crippen LogP contribution in [0.25, 0.3) is 17.0 Å². The summed E-state index contributed by atoms with van der Waals surface area (Å²) in [6.07, 6.45) is 0. The molecule has 0 unspecified atom stereocenters. The first kappa shape index (κ1) is 21.1. The summed E-state index contributed by atoms with van der Waals surface area (Å²) in [6.45, 7) is 0.00100. The van der Waals surface area contributed by atoms with Crippen LogP contribution in [0.15, 0.2) is 72.8 Å². The fourth-order valence-corrected chi connectivity index (χ4v) is 3.32. The summed E-state index contributed by atoms with van der Waals surface area (Å²) in [6, 6.07) is 22.3.